The summed E-state index contributed by atoms with van der Waals surface area (Å²) in [6, 6.07) is 9.63. The molecule has 1 aromatic rings. The van der Waals surface area contributed by atoms with Crippen molar-refractivity contribution in [1.82, 2.24) is 10.2 Å². The Kier molecular flexibility index (Phi) is 4.93. The maximum absolute atomic E-state index is 3.45. The molecule has 1 atom stereocenters. The highest BCUT2D eigenvalue weighted by Crippen LogP contribution is 2.38. The zero-order valence-electron chi connectivity index (χ0n) is 12.6. The van der Waals surface area contributed by atoms with Crippen molar-refractivity contribution in [2.24, 2.45) is 5.41 Å². The Morgan fingerprint density at radius 3 is 2.16 bits per heavy atom. The number of nitrogens with zero attached hydrogens (tertiary/aromatic N) is 1. The van der Waals surface area contributed by atoms with E-state index in [2.05, 4.69) is 61.5 Å². The van der Waals surface area contributed by atoms with Crippen molar-refractivity contribution < 1.29 is 0 Å². The summed E-state index contributed by atoms with van der Waals surface area (Å²) in [4.78, 5) is 3.97. The molecular formula is C16H26N2S. The number of piperazine rings is 1. The third-order valence-corrected chi connectivity index (χ3v) is 4.51. The third-order valence-electron chi connectivity index (χ3n) is 3.77. The molecule has 1 aliphatic heterocycles. The summed E-state index contributed by atoms with van der Waals surface area (Å²) >= 11 is 1.81. The molecule has 1 heterocycles. The zero-order chi connectivity index (χ0) is 13.9. The van der Waals surface area contributed by atoms with E-state index in [0.717, 1.165) is 26.2 Å². The van der Waals surface area contributed by atoms with Crippen LogP contribution in [0.15, 0.2) is 29.2 Å². The van der Waals surface area contributed by atoms with Crippen LogP contribution >= 0.6 is 11.8 Å². The van der Waals surface area contributed by atoms with Crippen LogP contribution in [-0.4, -0.2) is 37.3 Å². The number of nitrogens with one attached hydrogen (secondary N) is 1. The third kappa shape index (κ3) is 3.74. The summed E-state index contributed by atoms with van der Waals surface area (Å²) in [6.07, 6.45) is 2.13. The van der Waals surface area contributed by atoms with Crippen molar-refractivity contribution in [3.8, 4) is 0 Å². The van der Waals surface area contributed by atoms with Crippen LogP contribution in [0.5, 0.6) is 0 Å². The molecule has 1 fully saturated rings. The van der Waals surface area contributed by atoms with E-state index in [0.29, 0.717) is 6.04 Å². The van der Waals surface area contributed by atoms with Gasteiger partial charge >= 0.3 is 0 Å². The number of thioether (sulfide) groups is 1. The minimum atomic E-state index is 0.262. The van der Waals surface area contributed by atoms with Gasteiger partial charge < -0.3 is 5.32 Å². The minimum Gasteiger partial charge on any atom is -0.314 e. The molecule has 0 unspecified atom stereocenters. The first-order valence-corrected chi connectivity index (χ1v) is 8.33. The summed E-state index contributed by atoms with van der Waals surface area (Å²) in [5.41, 5.74) is 1.71. The van der Waals surface area contributed by atoms with Gasteiger partial charge in [0.2, 0.25) is 0 Å². The van der Waals surface area contributed by atoms with Gasteiger partial charge in [-0.15, -0.1) is 11.8 Å². The van der Waals surface area contributed by atoms with Gasteiger partial charge in [0.05, 0.1) is 0 Å². The van der Waals surface area contributed by atoms with Crippen molar-refractivity contribution in [3.63, 3.8) is 0 Å². The summed E-state index contributed by atoms with van der Waals surface area (Å²) in [7, 11) is 0. The molecular weight excluding hydrogens is 252 g/mol. The molecule has 2 rings (SSSR count). The molecule has 0 amide bonds. The summed E-state index contributed by atoms with van der Waals surface area (Å²) < 4.78 is 0. The summed E-state index contributed by atoms with van der Waals surface area (Å²) in [5, 5.41) is 3.45. The standard InChI is InChI=1S/C16H26N2S/c1-16(2,3)15(18-11-9-17-10-12-18)13-5-7-14(19-4)8-6-13/h5-8,15,17H,9-12H2,1-4H3/t15-/m1/s1. The monoisotopic (exact) mass is 278 g/mol. The van der Waals surface area contributed by atoms with Crippen LogP contribution in [0.1, 0.15) is 32.4 Å². The Balaban J connectivity index is 2.25. The molecule has 106 valence electrons. The molecule has 0 aliphatic carbocycles. The second kappa shape index (κ2) is 6.29. The predicted octanol–water partition coefficient (Wildman–Crippen LogP) is 3.40. The Morgan fingerprint density at radius 2 is 1.68 bits per heavy atom. The van der Waals surface area contributed by atoms with Crippen LogP contribution < -0.4 is 5.32 Å². The van der Waals surface area contributed by atoms with E-state index in [1.807, 2.05) is 11.8 Å². The van der Waals surface area contributed by atoms with Crippen LogP contribution in [0.4, 0.5) is 0 Å². The van der Waals surface area contributed by atoms with Crippen molar-refractivity contribution in [2.75, 3.05) is 32.4 Å². The fourth-order valence-electron chi connectivity index (χ4n) is 2.99. The first-order chi connectivity index (χ1) is 9.02. The number of rotatable bonds is 3. The fraction of sp³-hybridized carbons (Fsp3) is 0.625. The average molecular weight is 278 g/mol. The van der Waals surface area contributed by atoms with E-state index in [4.69, 9.17) is 0 Å². The van der Waals surface area contributed by atoms with Crippen molar-refractivity contribution in [3.05, 3.63) is 29.8 Å². The summed E-state index contributed by atoms with van der Waals surface area (Å²) in [6.45, 7) is 11.6. The van der Waals surface area contributed by atoms with Crippen LogP contribution in [0.2, 0.25) is 0 Å². The van der Waals surface area contributed by atoms with E-state index < -0.39 is 0 Å². The molecule has 1 N–H and O–H groups in total. The Morgan fingerprint density at radius 1 is 1.11 bits per heavy atom. The molecule has 0 radical (unpaired) electrons. The molecule has 0 spiro atoms. The maximum atomic E-state index is 3.45. The van der Waals surface area contributed by atoms with Gasteiger partial charge in [0.1, 0.15) is 0 Å². The zero-order valence-corrected chi connectivity index (χ0v) is 13.4. The Hall–Kier alpha value is -0.510. The van der Waals surface area contributed by atoms with Gasteiger partial charge in [-0.1, -0.05) is 32.9 Å². The van der Waals surface area contributed by atoms with Crippen LogP contribution in [-0.2, 0) is 0 Å². The molecule has 1 saturated heterocycles. The second-order valence-corrected chi connectivity index (χ2v) is 7.21. The second-order valence-electron chi connectivity index (χ2n) is 6.33. The highest BCUT2D eigenvalue weighted by molar-refractivity contribution is 7.98. The fourth-order valence-corrected chi connectivity index (χ4v) is 3.39. The topological polar surface area (TPSA) is 15.3 Å². The van der Waals surface area contributed by atoms with E-state index >= 15 is 0 Å². The lowest BCUT2D eigenvalue weighted by molar-refractivity contribution is 0.0862. The van der Waals surface area contributed by atoms with Gasteiger partial charge in [0, 0.05) is 37.1 Å². The van der Waals surface area contributed by atoms with Gasteiger partial charge in [-0.3, -0.25) is 4.90 Å². The molecule has 0 aromatic heterocycles. The Labute approximate surface area is 122 Å². The smallest absolute Gasteiger partial charge is 0.0397 e. The molecule has 0 saturated carbocycles. The first-order valence-electron chi connectivity index (χ1n) is 7.11. The lowest BCUT2D eigenvalue weighted by atomic mass is 9.81. The SMILES string of the molecule is CSc1ccc([C@@H](N2CCNCC2)C(C)(C)C)cc1. The number of hydrogen-bond donors (Lipinski definition) is 1. The van der Waals surface area contributed by atoms with Gasteiger partial charge in [-0.25, -0.2) is 0 Å². The molecule has 3 heteroatoms. The van der Waals surface area contributed by atoms with E-state index in [9.17, 15) is 0 Å². The highest BCUT2D eigenvalue weighted by Gasteiger charge is 2.32. The number of hydrogen-bond acceptors (Lipinski definition) is 3. The lowest BCUT2D eigenvalue weighted by Crippen LogP contribution is -2.48. The van der Waals surface area contributed by atoms with Crippen molar-refractivity contribution in [1.29, 1.82) is 0 Å². The predicted molar refractivity (Wildman–Crippen MR) is 84.9 cm³/mol. The highest BCUT2D eigenvalue weighted by atomic mass is 32.2. The maximum Gasteiger partial charge on any atom is 0.0397 e. The molecule has 1 aliphatic rings. The van der Waals surface area contributed by atoms with Crippen LogP contribution in [0, 0.1) is 5.41 Å². The van der Waals surface area contributed by atoms with Crippen LogP contribution in [0.3, 0.4) is 0 Å². The number of benzene rings is 1. The van der Waals surface area contributed by atoms with Gasteiger partial charge in [-0.05, 0) is 29.4 Å². The normalized spacial score (nSPS) is 19.4. The van der Waals surface area contributed by atoms with Crippen molar-refractivity contribution in [2.45, 2.75) is 31.7 Å². The lowest BCUT2D eigenvalue weighted by Gasteiger charge is -2.42. The summed E-state index contributed by atoms with van der Waals surface area (Å²) in [5.74, 6) is 0. The van der Waals surface area contributed by atoms with Crippen molar-refractivity contribution >= 4 is 11.8 Å². The van der Waals surface area contributed by atoms with Gasteiger partial charge in [-0.2, -0.15) is 0 Å². The van der Waals surface area contributed by atoms with Gasteiger partial charge in [0.15, 0.2) is 0 Å². The molecule has 1 aromatic carbocycles. The van der Waals surface area contributed by atoms with E-state index in [1.165, 1.54) is 10.5 Å². The molecule has 19 heavy (non-hydrogen) atoms. The largest absolute Gasteiger partial charge is 0.314 e. The Bertz CT molecular complexity index is 388. The minimum absolute atomic E-state index is 0.262. The van der Waals surface area contributed by atoms with E-state index in [1.54, 1.807) is 0 Å². The average Bonchev–Trinajstić information content (AvgIpc) is 2.39. The quantitative estimate of drug-likeness (QED) is 0.853. The first kappa shape index (κ1) is 14.9. The van der Waals surface area contributed by atoms with Crippen LogP contribution in [0.25, 0.3) is 0 Å². The molecule has 2 nitrogen and oxygen atoms in total. The van der Waals surface area contributed by atoms with E-state index in [-0.39, 0.29) is 5.41 Å². The molecule has 0 bridgehead atoms. The van der Waals surface area contributed by atoms with Gasteiger partial charge in [0.25, 0.3) is 0 Å².